The molecule has 1 atom stereocenters. The van der Waals surface area contributed by atoms with Crippen molar-refractivity contribution in [1.29, 1.82) is 0 Å². The molecule has 2 aromatic rings. The maximum atomic E-state index is 13.6. The second kappa shape index (κ2) is 6.11. The summed E-state index contributed by atoms with van der Waals surface area (Å²) in [5, 5.41) is 12.5. The quantitative estimate of drug-likeness (QED) is 0.881. The largest absolute Gasteiger partial charge is 0.479 e. The van der Waals surface area contributed by atoms with Crippen molar-refractivity contribution in [2.45, 2.75) is 6.04 Å². The smallest absolute Gasteiger partial charge is 0.330 e. The number of hydrogen-bond acceptors (Lipinski definition) is 2. The highest BCUT2D eigenvalue weighted by molar-refractivity contribution is 6.42. The summed E-state index contributed by atoms with van der Waals surface area (Å²) in [5.74, 6) is -1.68. The van der Waals surface area contributed by atoms with Gasteiger partial charge in [0.05, 0.1) is 15.7 Å². The van der Waals surface area contributed by atoms with Crippen LogP contribution in [-0.4, -0.2) is 11.1 Å². The minimum absolute atomic E-state index is 0.103. The lowest BCUT2D eigenvalue weighted by molar-refractivity contribution is -0.138. The molecule has 0 bridgehead atoms. The topological polar surface area (TPSA) is 49.3 Å². The van der Waals surface area contributed by atoms with E-state index in [9.17, 15) is 14.3 Å². The molecule has 0 aliphatic heterocycles. The second-order valence-corrected chi connectivity index (χ2v) is 4.88. The highest BCUT2D eigenvalue weighted by Crippen LogP contribution is 2.28. The van der Waals surface area contributed by atoms with Crippen LogP contribution in [0.2, 0.25) is 10.0 Å². The Hall–Kier alpha value is -1.78. The van der Waals surface area contributed by atoms with Crippen molar-refractivity contribution < 1.29 is 14.3 Å². The standard InChI is InChI=1S/C14H10Cl2FNO2/c15-9-6-5-8(7-10(9)16)13(14(19)20)18-12-4-2-1-3-11(12)17/h1-7,13,18H,(H,19,20). The van der Waals surface area contributed by atoms with Gasteiger partial charge in [-0.05, 0) is 29.8 Å². The van der Waals surface area contributed by atoms with E-state index >= 15 is 0 Å². The van der Waals surface area contributed by atoms with Crippen LogP contribution < -0.4 is 5.32 Å². The number of carboxylic acid groups (broad SMARTS) is 1. The van der Waals surface area contributed by atoms with Gasteiger partial charge < -0.3 is 10.4 Å². The molecule has 0 saturated carbocycles. The molecule has 104 valence electrons. The SMILES string of the molecule is O=C(O)C(Nc1ccccc1F)c1ccc(Cl)c(Cl)c1. The maximum absolute atomic E-state index is 13.6. The maximum Gasteiger partial charge on any atom is 0.330 e. The van der Waals surface area contributed by atoms with Crippen molar-refractivity contribution in [3.63, 3.8) is 0 Å². The third-order valence-corrected chi connectivity index (χ3v) is 3.44. The first-order valence-electron chi connectivity index (χ1n) is 5.68. The zero-order valence-electron chi connectivity index (χ0n) is 10.1. The third kappa shape index (κ3) is 3.21. The molecule has 0 radical (unpaired) electrons. The molecule has 0 heterocycles. The Morgan fingerprint density at radius 1 is 1.15 bits per heavy atom. The van der Waals surface area contributed by atoms with Crippen LogP contribution in [0.3, 0.4) is 0 Å². The fourth-order valence-electron chi connectivity index (χ4n) is 1.71. The molecule has 1 unspecified atom stereocenters. The summed E-state index contributed by atoms with van der Waals surface area (Å²) in [6.07, 6.45) is 0. The molecule has 0 saturated heterocycles. The fraction of sp³-hybridized carbons (Fsp3) is 0.0714. The van der Waals surface area contributed by atoms with Crippen LogP contribution in [0.5, 0.6) is 0 Å². The van der Waals surface area contributed by atoms with Gasteiger partial charge in [0.2, 0.25) is 0 Å². The van der Waals surface area contributed by atoms with Crippen molar-refractivity contribution in [2.75, 3.05) is 5.32 Å². The molecule has 0 fully saturated rings. The van der Waals surface area contributed by atoms with Crippen LogP contribution in [0, 0.1) is 5.82 Å². The number of carboxylic acids is 1. The molecular weight excluding hydrogens is 304 g/mol. The zero-order chi connectivity index (χ0) is 14.7. The van der Waals surface area contributed by atoms with Crippen LogP contribution in [0.4, 0.5) is 10.1 Å². The summed E-state index contributed by atoms with van der Waals surface area (Å²) in [7, 11) is 0. The average Bonchev–Trinajstić information content (AvgIpc) is 2.41. The molecular formula is C14H10Cl2FNO2. The normalized spacial score (nSPS) is 11.9. The lowest BCUT2D eigenvalue weighted by Crippen LogP contribution is -2.21. The first-order valence-corrected chi connectivity index (χ1v) is 6.43. The number of aliphatic carboxylic acids is 1. The van der Waals surface area contributed by atoms with Gasteiger partial charge in [-0.25, -0.2) is 9.18 Å². The van der Waals surface area contributed by atoms with E-state index in [1.807, 2.05) is 0 Å². The summed E-state index contributed by atoms with van der Waals surface area (Å²) in [5.41, 5.74) is 0.487. The van der Waals surface area contributed by atoms with E-state index in [2.05, 4.69) is 5.32 Å². The molecule has 20 heavy (non-hydrogen) atoms. The number of benzene rings is 2. The van der Waals surface area contributed by atoms with Crippen molar-refractivity contribution in [1.82, 2.24) is 0 Å². The van der Waals surface area contributed by atoms with Gasteiger partial charge in [-0.15, -0.1) is 0 Å². The van der Waals surface area contributed by atoms with Crippen LogP contribution >= 0.6 is 23.2 Å². The number of para-hydroxylation sites is 1. The minimum Gasteiger partial charge on any atom is -0.479 e. The predicted octanol–water partition coefficient (Wildman–Crippen LogP) is 4.37. The Balaban J connectivity index is 2.34. The van der Waals surface area contributed by atoms with E-state index in [1.54, 1.807) is 6.07 Å². The van der Waals surface area contributed by atoms with Crippen LogP contribution in [0.1, 0.15) is 11.6 Å². The average molecular weight is 314 g/mol. The molecule has 2 N–H and O–H groups in total. The van der Waals surface area contributed by atoms with E-state index in [1.165, 1.54) is 36.4 Å². The van der Waals surface area contributed by atoms with E-state index < -0.39 is 17.8 Å². The summed E-state index contributed by atoms with van der Waals surface area (Å²) >= 11 is 11.7. The lowest BCUT2D eigenvalue weighted by Gasteiger charge is -2.17. The number of rotatable bonds is 4. The Bertz CT molecular complexity index is 649. The third-order valence-electron chi connectivity index (χ3n) is 2.70. The highest BCUT2D eigenvalue weighted by Gasteiger charge is 2.21. The molecule has 3 nitrogen and oxygen atoms in total. The Labute approximate surface area is 124 Å². The van der Waals surface area contributed by atoms with E-state index in [0.717, 1.165) is 0 Å². The predicted molar refractivity (Wildman–Crippen MR) is 76.9 cm³/mol. The number of anilines is 1. The summed E-state index contributed by atoms with van der Waals surface area (Å²) < 4.78 is 13.6. The Kier molecular flexibility index (Phi) is 4.47. The summed E-state index contributed by atoms with van der Waals surface area (Å²) in [6.45, 7) is 0. The van der Waals surface area contributed by atoms with Gasteiger partial charge in [0.25, 0.3) is 0 Å². The molecule has 0 amide bonds. The van der Waals surface area contributed by atoms with E-state index in [-0.39, 0.29) is 10.7 Å². The van der Waals surface area contributed by atoms with Crippen molar-refractivity contribution in [3.8, 4) is 0 Å². The molecule has 0 aromatic heterocycles. The van der Waals surface area contributed by atoms with Crippen molar-refractivity contribution in [3.05, 3.63) is 63.9 Å². The number of carbonyl (C=O) groups is 1. The molecule has 0 aliphatic carbocycles. The van der Waals surface area contributed by atoms with Crippen LogP contribution in [-0.2, 0) is 4.79 Å². The fourth-order valence-corrected chi connectivity index (χ4v) is 2.02. The van der Waals surface area contributed by atoms with Crippen LogP contribution in [0.15, 0.2) is 42.5 Å². The van der Waals surface area contributed by atoms with Gasteiger partial charge in [0, 0.05) is 0 Å². The molecule has 6 heteroatoms. The van der Waals surface area contributed by atoms with Gasteiger partial charge in [-0.3, -0.25) is 0 Å². The minimum atomic E-state index is -1.15. The lowest BCUT2D eigenvalue weighted by atomic mass is 10.1. The van der Waals surface area contributed by atoms with Crippen molar-refractivity contribution >= 4 is 34.9 Å². The first-order chi connectivity index (χ1) is 9.49. The van der Waals surface area contributed by atoms with E-state index in [4.69, 9.17) is 23.2 Å². The molecule has 0 spiro atoms. The van der Waals surface area contributed by atoms with Crippen molar-refractivity contribution in [2.24, 2.45) is 0 Å². The molecule has 2 rings (SSSR count). The zero-order valence-corrected chi connectivity index (χ0v) is 11.6. The second-order valence-electron chi connectivity index (χ2n) is 4.07. The Morgan fingerprint density at radius 3 is 2.45 bits per heavy atom. The molecule has 2 aromatic carbocycles. The van der Waals surface area contributed by atoms with Gasteiger partial charge >= 0.3 is 5.97 Å². The summed E-state index contributed by atoms with van der Waals surface area (Å²) in [6, 6.07) is 9.19. The highest BCUT2D eigenvalue weighted by atomic mass is 35.5. The number of hydrogen-bond donors (Lipinski definition) is 2. The first kappa shape index (κ1) is 14.6. The summed E-state index contributed by atoms with van der Waals surface area (Å²) in [4.78, 5) is 11.4. The molecule has 0 aliphatic rings. The number of nitrogens with one attached hydrogen (secondary N) is 1. The van der Waals surface area contributed by atoms with E-state index in [0.29, 0.717) is 10.6 Å². The van der Waals surface area contributed by atoms with Crippen LogP contribution in [0.25, 0.3) is 0 Å². The van der Waals surface area contributed by atoms with Gasteiger partial charge in [-0.1, -0.05) is 41.4 Å². The monoisotopic (exact) mass is 313 g/mol. The number of halogens is 3. The Morgan fingerprint density at radius 2 is 1.85 bits per heavy atom. The van der Waals surface area contributed by atoms with Gasteiger partial charge in [0.1, 0.15) is 5.82 Å². The van der Waals surface area contributed by atoms with Gasteiger partial charge in [0.15, 0.2) is 6.04 Å². The van der Waals surface area contributed by atoms with Gasteiger partial charge in [-0.2, -0.15) is 0 Å².